The van der Waals surface area contributed by atoms with E-state index < -0.39 is 0 Å². The molecule has 5 nitrogen and oxygen atoms in total. The summed E-state index contributed by atoms with van der Waals surface area (Å²) in [5.41, 5.74) is 4.99. The Bertz CT molecular complexity index is 855. The number of carbonyl (C=O) groups excluding carboxylic acids is 1. The number of aryl methyl sites for hydroxylation is 1. The average molecular weight is 340 g/mol. The zero-order valence-corrected chi connectivity index (χ0v) is 14.8. The summed E-state index contributed by atoms with van der Waals surface area (Å²) in [6, 6.07) is 13.8. The molecule has 124 valence electrons. The molecule has 0 aliphatic carbocycles. The van der Waals surface area contributed by atoms with Crippen molar-refractivity contribution in [1.82, 2.24) is 9.97 Å². The van der Waals surface area contributed by atoms with E-state index in [4.69, 9.17) is 0 Å². The van der Waals surface area contributed by atoms with Crippen molar-refractivity contribution in [3.8, 4) is 0 Å². The van der Waals surface area contributed by atoms with Crippen LogP contribution in [0, 0.1) is 6.92 Å². The number of imidazole rings is 1. The molecule has 0 bridgehead atoms. The number of aromatic nitrogens is 2. The number of aromatic amines is 1. The molecular formula is C18H20N4OS. The molecule has 2 aromatic carbocycles. The zero-order valence-electron chi connectivity index (χ0n) is 14.0. The molecule has 6 heteroatoms. The topological polar surface area (TPSA) is 61.0 Å². The van der Waals surface area contributed by atoms with E-state index in [9.17, 15) is 4.79 Å². The second kappa shape index (κ2) is 6.97. The quantitative estimate of drug-likeness (QED) is 0.696. The summed E-state index contributed by atoms with van der Waals surface area (Å²) < 4.78 is 0. The van der Waals surface area contributed by atoms with E-state index in [-0.39, 0.29) is 5.91 Å². The highest BCUT2D eigenvalue weighted by Crippen LogP contribution is 2.21. The maximum Gasteiger partial charge on any atom is 0.234 e. The van der Waals surface area contributed by atoms with Crippen molar-refractivity contribution in [2.75, 3.05) is 30.1 Å². The molecule has 3 aromatic rings. The van der Waals surface area contributed by atoms with Crippen molar-refractivity contribution in [1.29, 1.82) is 0 Å². The van der Waals surface area contributed by atoms with Crippen LogP contribution in [-0.4, -0.2) is 35.7 Å². The highest BCUT2D eigenvalue weighted by molar-refractivity contribution is 7.99. The molecule has 24 heavy (non-hydrogen) atoms. The molecule has 0 aliphatic heterocycles. The molecule has 1 aromatic heterocycles. The van der Waals surface area contributed by atoms with Crippen LogP contribution in [-0.2, 0) is 4.79 Å². The van der Waals surface area contributed by atoms with Crippen LogP contribution in [0.1, 0.15) is 5.56 Å². The van der Waals surface area contributed by atoms with Crippen LogP contribution < -0.4 is 10.2 Å². The Hall–Kier alpha value is -2.47. The Kier molecular flexibility index (Phi) is 4.76. The third-order valence-corrected chi connectivity index (χ3v) is 4.50. The van der Waals surface area contributed by atoms with E-state index in [0.29, 0.717) is 5.75 Å². The molecule has 0 atom stereocenters. The van der Waals surface area contributed by atoms with Gasteiger partial charge in [-0.15, -0.1) is 0 Å². The molecule has 2 N–H and O–H groups in total. The first-order valence-electron chi connectivity index (χ1n) is 7.68. The van der Waals surface area contributed by atoms with Gasteiger partial charge in [0, 0.05) is 25.5 Å². The third-order valence-electron chi connectivity index (χ3n) is 3.62. The van der Waals surface area contributed by atoms with Crippen LogP contribution in [0.3, 0.4) is 0 Å². The largest absolute Gasteiger partial charge is 0.378 e. The number of hydrogen-bond donors (Lipinski definition) is 2. The van der Waals surface area contributed by atoms with Gasteiger partial charge in [0.2, 0.25) is 5.91 Å². The van der Waals surface area contributed by atoms with Crippen molar-refractivity contribution in [3.63, 3.8) is 0 Å². The lowest BCUT2D eigenvalue weighted by Gasteiger charge is -2.12. The Morgan fingerprint density at radius 1 is 1.21 bits per heavy atom. The first-order valence-corrected chi connectivity index (χ1v) is 8.66. The first kappa shape index (κ1) is 16.4. The van der Waals surface area contributed by atoms with Gasteiger partial charge in [-0.2, -0.15) is 0 Å². The molecule has 0 saturated carbocycles. The van der Waals surface area contributed by atoms with Crippen LogP contribution in [0.25, 0.3) is 11.0 Å². The Morgan fingerprint density at radius 2 is 1.96 bits per heavy atom. The lowest BCUT2D eigenvalue weighted by atomic mass is 10.2. The van der Waals surface area contributed by atoms with Gasteiger partial charge in [0.15, 0.2) is 5.16 Å². The van der Waals surface area contributed by atoms with E-state index in [0.717, 1.165) is 27.6 Å². The molecule has 0 saturated heterocycles. The number of anilines is 2. The summed E-state index contributed by atoms with van der Waals surface area (Å²) >= 11 is 1.40. The van der Waals surface area contributed by atoms with E-state index in [1.54, 1.807) is 0 Å². The molecule has 3 rings (SSSR count). The number of amides is 1. The van der Waals surface area contributed by atoms with Crippen LogP contribution in [0.2, 0.25) is 0 Å². The van der Waals surface area contributed by atoms with E-state index in [1.807, 2.05) is 62.3 Å². The number of nitrogens with zero attached hydrogens (tertiary/aromatic N) is 2. The second-order valence-corrected chi connectivity index (χ2v) is 6.80. The number of nitrogens with one attached hydrogen (secondary N) is 2. The summed E-state index contributed by atoms with van der Waals surface area (Å²) in [5, 5.41) is 3.66. The number of hydrogen-bond acceptors (Lipinski definition) is 4. The van der Waals surface area contributed by atoms with Gasteiger partial charge in [0.25, 0.3) is 0 Å². The van der Waals surface area contributed by atoms with E-state index in [2.05, 4.69) is 21.4 Å². The predicted molar refractivity (Wildman–Crippen MR) is 101 cm³/mol. The minimum absolute atomic E-state index is 0.0470. The van der Waals surface area contributed by atoms with Crippen LogP contribution in [0.5, 0.6) is 0 Å². The van der Waals surface area contributed by atoms with E-state index in [1.165, 1.54) is 17.3 Å². The molecule has 0 radical (unpaired) electrons. The fourth-order valence-corrected chi connectivity index (χ4v) is 3.03. The number of thioether (sulfide) groups is 1. The monoisotopic (exact) mass is 340 g/mol. The normalized spacial score (nSPS) is 10.8. The van der Waals surface area contributed by atoms with Gasteiger partial charge in [-0.1, -0.05) is 17.8 Å². The number of benzene rings is 2. The van der Waals surface area contributed by atoms with Crippen molar-refractivity contribution < 1.29 is 4.79 Å². The van der Waals surface area contributed by atoms with Gasteiger partial charge in [-0.3, -0.25) is 4.79 Å². The predicted octanol–water partition coefficient (Wildman–Crippen LogP) is 3.67. The third kappa shape index (κ3) is 3.89. The number of H-pyrrole nitrogens is 1. The maximum absolute atomic E-state index is 12.1. The molecule has 1 amide bonds. The smallest absolute Gasteiger partial charge is 0.234 e. The second-order valence-electron chi connectivity index (χ2n) is 5.84. The number of carbonyl (C=O) groups is 1. The Balaban J connectivity index is 1.58. The van der Waals surface area contributed by atoms with Crippen molar-refractivity contribution >= 4 is 40.1 Å². The van der Waals surface area contributed by atoms with Crippen molar-refractivity contribution in [2.45, 2.75) is 12.1 Å². The van der Waals surface area contributed by atoms with Gasteiger partial charge < -0.3 is 15.2 Å². The molecule has 1 heterocycles. The summed E-state index contributed by atoms with van der Waals surface area (Å²) in [6.07, 6.45) is 0. The van der Waals surface area contributed by atoms with Gasteiger partial charge in [-0.25, -0.2) is 4.98 Å². The van der Waals surface area contributed by atoms with Crippen LogP contribution in [0.4, 0.5) is 11.4 Å². The van der Waals surface area contributed by atoms with Crippen LogP contribution in [0.15, 0.2) is 47.6 Å². The van der Waals surface area contributed by atoms with Gasteiger partial charge in [0.1, 0.15) is 0 Å². The SMILES string of the molecule is Cc1ccc2nc(SCC(=O)Nc3ccc(N(C)C)cc3)[nH]c2c1. The van der Waals surface area contributed by atoms with Crippen molar-refractivity contribution in [2.24, 2.45) is 0 Å². The molecule has 0 unspecified atom stereocenters. The molecule has 0 aliphatic rings. The fraction of sp³-hybridized carbons (Fsp3) is 0.222. The number of rotatable bonds is 5. The molecule has 0 fully saturated rings. The summed E-state index contributed by atoms with van der Waals surface area (Å²) in [5.74, 6) is 0.267. The summed E-state index contributed by atoms with van der Waals surface area (Å²) in [6.45, 7) is 2.04. The van der Waals surface area contributed by atoms with E-state index >= 15 is 0 Å². The summed E-state index contributed by atoms with van der Waals surface area (Å²) in [7, 11) is 3.97. The lowest BCUT2D eigenvalue weighted by molar-refractivity contribution is -0.113. The minimum atomic E-state index is -0.0470. The van der Waals surface area contributed by atoms with Crippen LogP contribution >= 0.6 is 11.8 Å². The standard InChI is InChI=1S/C18H20N4OS/c1-12-4-9-15-16(10-12)21-18(20-15)24-11-17(23)19-13-5-7-14(8-6-13)22(2)3/h4-10H,11H2,1-3H3,(H,19,23)(H,20,21). The highest BCUT2D eigenvalue weighted by Gasteiger charge is 2.08. The average Bonchev–Trinajstić information content (AvgIpc) is 2.95. The zero-order chi connectivity index (χ0) is 17.1. The number of fused-ring (bicyclic) bond motifs is 1. The first-order chi connectivity index (χ1) is 11.5. The minimum Gasteiger partial charge on any atom is -0.378 e. The van der Waals surface area contributed by atoms with Gasteiger partial charge >= 0.3 is 0 Å². The molecule has 0 spiro atoms. The van der Waals surface area contributed by atoms with Crippen molar-refractivity contribution in [3.05, 3.63) is 48.0 Å². The Labute approximate surface area is 145 Å². The van der Waals surface area contributed by atoms with Gasteiger partial charge in [-0.05, 0) is 48.9 Å². The highest BCUT2D eigenvalue weighted by atomic mass is 32.2. The maximum atomic E-state index is 12.1. The fourth-order valence-electron chi connectivity index (χ4n) is 2.34. The Morgan fingerprint density at radius 3 is 2.67 bits per heavy atom. The molecular weight excluding hydrogens is 320 g/mol. The lowest BCUT2D eigenvalue weighted by Crippen LogP contribution is -2.14. The van der Waals surface area contributed by atoms with Gasteiger partial charge in [0.05, 0.1) is 16.8 Å². The summed E-state index contributed by atoms with van der Waals surface area (Å²) in [4.78, 5) is 21.8.